The van der Waals surface area contributed by atoms with Crippen molar-refractivity contribution in [2.45, 2.75) is 20.3 Å². The van der Waals surface area contributed by atoms with E-state index in [2.05, 4.69) is 4.99 Å². The number of rotatable bonds is 6. The molecule has 24 heavy (non-hydrogen) atoms. The van der Waals surface area contributed by atoms with Crippen molar-refractivity contribution in [3.05, 3.63) is 41.3 Å². The van der Waals surface area contributed by atoms with Crippen LogP contribution < -0.4 is 0 Å². The molecular formula is C17H19FN2O4. The van der Waals surface area contributed by atoms with Crippen LogP contribution >= 0.6 is 0 Å². The highest BCUT2D eigenvalue weighted by Crippen LogP contribution is 2.20. The second-order valence-electron chi connectivity index (χ2n) is 5.68. The van der Waals surface area contributed by atoms with E-state index in [1.54, 1.807) is 6.07 Å². The Morgan fingerprint density at radius 1 is 1.29 bits per heavy atom. The maximum atomic E-state index is 13.3. The molecule has 2 rings (SSSR count). The van der Waals surface area contributed by atoms with Crippen LogP contribution in [0, 0.1) is 11.7 Å². The summed E-state index contributed by atoms with van der Waals surface area (Å²) in [6.07, 6.45) is 1.81. The zero-order valence-corrected chi connectivity index (χ0v) is 13.8. The molecule has 1 heterocycles. The highest BCUT2D eigenvalue weighted by atomic mass is 19.1. The van der Waals surface area contributed by atoms with Gasteiger partial charge in [-0.2, -0.15) is 0 Å². The minimum atomic E-state index is -0.714. The van der Waals surface area contributed by atoms with E-state index in [0.717, 1.165) is 0 Å². The van der Waals surface area contributed by atoms with Gasteiger partial charge in [-0.3, -0.25) is 9.59 Å². The van der Waals surface area contributed by atoms with Gasteiger partial charge in [0.15, 0.2) is 6.79 Å². The van der Waals surface area contributed by atoms with Crippen molar-refractivity contribution >= 4 is 23.6 Å². The SMILES string of the molecule is COCON1C(=O)C(CC(C)C)=N/C(=C/c2cccc(F)c2)C1=O. The molecule has 1 aliphatic rings. The van der Waals surface area contributed by atoms with E-state index in [1.165, 1.54) is 31.4 Å². The fraction of sp³-hybridized carbons (Fsp3) is 0.353. The fourth-order valence-electron chi connectivity index (χ4n) is 2.15. The van der Waals surface area contributed by atoms with E-state index >= 15 is 0 Å². The summed E-state index contributed by atoms with van der Waals surface area (Å²) in [7, 11) is 1.38. The van der Waals surface area contributed by atoms with Gasteiger partial charge in [0, 0.05) is 7.11 Å². The van der Waals surface area contributed by atoms with Crippen molar-refractivity contribution in [3.63, 3.8) is 0 Å². The molecule has 0 N–H and O–H groups in total. The molecule has 6 nitrogen and oxygen atoms in total. The molecule has 1 aliphatic heterocycles. The first-order valence-electron chi connectivity index (χ1n) is 7.48. The molecule has 0 radical (unpaired) electrons. The third kappa shape index (κ3) is 4.33. The van der Waals surface area contributed by atoms with E-state index in [-0.39, 0.29) is 24.1 Å². The second-order valence-corrected chi connectivity index (χ2v) is 5.68. The highest BCUT2D eigenvalue weighted by molar-refractivity contribution is 6.44. The van der Waals surface area contributed by atoms with Gasteiger partial charge in [-0.1, -0.05) is 26.0 Å². The third-order valence-corrected chi connectivity index (χ3v) is 3.14. The van der Waals surface area contributed by atoms with Crippen LogP contribution in [0.1, 0.15) is 25.8 Å². The molecule has 0 bridgehead atoms. The fourth-order valence-corrected chi connectivity index (χ4v) is 2.15. The Morgan fingerprint density at radius 2 is 2.04 bits per heavy atom. The number of carbonyl (C=O) groups is 2. The van der Waals surface area contributed by atoms with Crippen LogP contribution in [-0.4, -0.2) is 36.5 Å². The van der Waals surface area contributed by atoms with Gasteiger partial charge in [0.25, 0.3) is 5.91 Å². The minimum Gasteiger partial charge on any atom is -0.356 e. The highest BCUT2D eigenvalue weighted by Gasteiger charge is 2.34. The molecule has 0 atom stereocenters. The Balaban J connectivity index is 2.41. The van der Waals surface area contributed by atoms with Crippen LogP contribution in [0.15, 0.2) is 35.0 Å². The number of hydroxylamine groups is 2. The summed E-state index contributed by atoms with van der Waals surface area (Å²) >= 11 is 0. The number of carbonyl (C=O) groups excluding carboxylic acids is 2. The lowest BCUT2D eigenvalue weighted by Gasteiger charge is -2.25. The van der Waals surface area contributed by atoms with Gasteiger partial charge in [0.1, 0.15) is 17.2 Å². The Kier molecular flexibility index (Phi) is 5.94. The topological polar surface area (TPSA) is 68.2 Å². The van der Waals surface area contributed by atoms with Gasteiger partial charge in [-0.15, -0.1) is 5.06 Å². The number of hydrogen-bond donors (Lipinski definition) is 0. The molecule has 0 aromatic heterocycles. The number of nitrogens with zero attached hydrogens (tertiary/aromatic N) is 2. The van der Waals surface area contributed by atoms with E-state index in [0.29, 0.717) is 17.0 Å². The number of amides is 2. The van der Waals surface area contributed by atoms with Gasteiger partial charge in [0.05, 0.1) is 0 Å². The first-order chi connectivity index (χ1) is 11.4. The number of halogens is 1. The number of methoxy groups -OCH3 is 1. The summed E-state index contributed by atoms with van der Waals surface area (Å²) in [6.45, 7) is 3.62. The Labute approximate surface area is 139 Å². The van der Waals surface area contributed by atoms with Gasteiger partial charge in [0.2, 0.25) is 0 Å². The largest absolute Gasteiger partial charge is 0.356 e. The Morgan fingerprint density at radius 3 is 2.67 bits per heavy atom. The molecule has 2 amide bonds. The van der Waals surface area contributed by atoms with Crippen LogP contribution in [-0.2, 0) is 19.2 Å². The molecular weight excluding hydrogens is 315 g/mol. The molecule has 0 spiro atoms. The van der Waals surface area contributed by atoms with Crippen molar-refractivity contribution in [2.75, 3.05) is 13.9 Å². The number of hydrogen-bond acceptors (Lipinski definition) is 5. The maximum absolute atomic E-state index is 13.3. The number of aliphatic imine (C=N–C) groups is 1. The lowest BCUT2D eigenvalue weighted by atomic mass is 10.0. The van der Waals surface area contributed by atoms with E-state index in [1.807, 2.05) is 13.8 Å². The zero-order valence-electron chi connectivity index (χ0n) is 13.8. The summed E-state index contributed by atoms with van der Waals surface area (Å²) < 4.78 is 18.1. The van der Waals surface area contributed by atoms with Crippen LogP contribution in [0.25, 0.3) is 6.08 Å². The quantitative estimate of drug-likeness (QED) is 0.455. The van der Waals surface area contributed by atoms with E-state index in [4.69, 9.17) is 9.57 Å². The van der Waals surface area contributed by atoms with Crippen LogP contribution in [0.5, 0.6) is 0 Å². The lowest BCUT2D eigenvalue weighted by molar-refractivity contribution is -0.213. The van der Waals surface area contributed by atoms with Crippen molar-refractivity contribution in [1.82, 2.24) is 5.06 Å². The van der Waals surface area contributed by atoms with Crippen molar-refractivity contribution in [3.8, 4) is 0 Å². The summed E-state index contributed by atoms with van der Waals surface area (Å²) in [5.74, 6) is -1.58. The normalized spacial score (nSPS) is 17.0. The molecule has 0 saturated carbocycles. The summed E-state index contributed by atoms with van der Waals surface area (Å²) in [4.78, 5) is 34.0. The van der Waals surface area contributed by atoms with Gasteiger partial charge in [-0.05, 0) is 36.1 Å². The summed E-state index contributed by atoms with van der Waals surface area (Å²) in [6, 6.07) is 5.74. The number of imide groups is 1. The Bertz CT molecular complexity index is 698. The molecule has 0 fully saturated rings. The molecule has 0 saturated heterocycles. The first kappa shape index (κ1) is 18.0. The summed E-state index contributed by atoms with van der Waals surface area (Å²) in [5.41, 5.74) is 0.683. The van der Waals surface area contributed by atoms with Gasteiger partial charge in [-0.25, -0.2) is 14.2 Å². The lowest BCUT2D eigenvalue weighted by Crippen LogP contribution is -2.45. The number of benzene rings is 1. The molecule has 0 unspecified atom stereocenters. The predicted molar refractivity (Wildman–Crippen MR) is 86.1 cm³/mol. The molecule has 7 heteroatoms. The van der Waals surface area contributed by atoms with Crippen LogP contribution in [0.4, 0.5) is 4.39 Å². The minimum absolute atomic E-state index is 0.00644. The van der Waals surface area contributed by atoms with E-state index in [9.17, 15) is 14.0 Å². The van der Waals surface area contributed by atoms with Gasteiger partial charge < -0.3 is 4.74 Å². The van der Waals surface area contributed by atoms with Crippen molar-refractivity contribution < 1.29 is 23.6 Å². The first-order valence-corrected chi connectivity index (χ1v) is 7.48. The van der Waals surface area contributed by atoms with E-state index < -0.39 is 17.6 Å². The molecule has 1 aromatic rings. The molecule has 0 aliphatic carbocycles. The van der Waals surface area contributed by atoms with Crippen LogP contribution in [0.2, 0.25) is 0 Å². The van der Waals surface area contributed by atoms with Crippen molar-refractivity contribution in [2.24, 2.45) is 10.9 Å². The molecule has 128 valence electrons. The standard InChI is InChI=1S/C17H19FN2O4/c1-11(2)7-14-16(21)20(24-10-23-3)17(22)15(19-14)9-12-5-4-6-13(18)8-12/h4-6,8-9,11H,7,10H2,1-3H3/b15-9+. The number of ether oxygens (including phenoxy) is 1. The average Bonchev–Trinajstić information content (AvgIpc) is 2.51. The van der Waals surface area contributed by atoms with Crippen molar-refractivity contribution in [1.29, 1.82) is 0 Å². The average molecular weight is 334 g/mol. The zero-order chi connectivity index (χ0) is 17.7. The smallest absolute Gasteiger partial charge is 0.303 e. The maximum Gasteiger partial charge on any atom is 0.303 e. The summed E-state index contributed by atoms with van der Waals surface area (Å²) in [5, 5.41) is 0.638. The monoisotopic (exact) mass is 334 g/mol. The predicted octanol–water partition coefficient (Wildman–Crippen LogP) is 2.56. The van der Waals surface area contributed by atoms with Crippen LogP contribution in [0.3, 0.4) is 0 Å². The Hall–Kier alpha value is -2.38. The third-order valence-electron chi connectivity index (χ3n) is 3.14. The second kappa shape index (κ2) is 7.94. The van der Waals surface area contributed by atoms with Gasteiger partial charge >= 0.3 is 5.91 Å². The molecule has 1 aromatic carbocycles.